The van der Waals surface area contributed by atoms with Crippen molar-refractivity contribution in [3.8, 4) is 0 Å². The molecule has 0 aliphatic carbocycles. The van der Waals surface area contributed by atoms with Crippen LogP contribution in [0, 0.1) is 5.92 Å². The predicted octanol–water partition coefficient (Wildman–Crippen LogP) is 3.63. The van der Waals surface area contributed by atoms with E-state index in [1.165, 1.54) is 11.8 Å². The fourth-order valence-corrected chi connectivity index (χ4v) is 2.72. The number of benzene rings is 1. The van der Waals surface area contributed by atoms with Gasteiger partial charge in [0.1, 0.15) is 12.0 Å². The largest absolute Gasteiger partial charge is 0.466 e. The Balaban J connectivity index is 3.30. The molecule has 0 aliphatic rings. The van der Waals surface area contributed by atoms with Crippen molar-refractivity contribution in [3.05, 3.63) is 29.3 Å². The van der Waals surface area contributed by atoms with E-state index in [0.29, 0.717) is 10.7 Å². The number of hydrogen-bond acceptors (Lipinski definition) is 4. The molecule has 1 aromatic rings. The Kier molecular flexibility index (Phi) is 6.96. The first-order chi connectivity index (χ1) is 11.1. The van der Waals surface area contributed by atoms with Crippen LogP contribution in [-0.2, 0) is 19.1 Å². The number of halogens is 1. The molecule has 1 atom stereocenters. The van der Waals surface area contributed by atoms with Crippen LogP contribution in [0.25, 0.3) is 0 Å². The Morgan fingerprint density at radius 3 is 2.17 bits per heavy atom. The fraction of sp³-hybridized carbons (Fsp3) is 0.500. The number of anilines is 1. The molecule has 132 valence electrons. The normalized spacial score (nSPS) is 13.3. The third-order valence-electron chi connectivity index (χ3n) is 4.16. The average molecular weight is 354 g/mol. The van der Waals surface area contributed by atoms with Crippen molar-refractivity contribution < 1.29 is 19.1 Å². The second kappa shape index (κ2) is 8.29. The summed E-state index contributed by atoms with van der Waals surface area (Å²) in [4.78, 5) is 38.3. The molecular formula is C18H24ClNO4. The van der Waals surface area contributed by atoms with Crippen molar-refractivity contribution >= 4 is 34.9 Å². The molecule has 0 fully saturated rings. The molecule has 6 heteroatoms. The molecule has 0 bridgehead atoms. The first-order valence-electron chi connectivity index (χ1n) is 7.89. The lowest BCUT2D eigenvalue weighted by atomic mass is 9.80. The highest BCUT2D eigenvalue weighted by Gasteiger charge is 2.45. The van der Waals surface area contributed by atoms with Crippen LogP contribution < -0.4 is 4.90 Å². The van der Waals surface area contributed by atoms with E-state index >= 15 is 0 Å². The van der Waals surface area contributed by atoms with E-state index in [-0.39, 0.29) is 30.6 Å². The lowest BCUT2D eigenvalue weighted by Gasteiger charge is -2.42. The molecule has 1 unspecified atom stereocenters. The number of ketones is 1. The first-order valence-corrected chi connectivity index (χ1v) is 8.27. The van der Waals surface area contributed by atoms with E-state index in [9.17, 15) is 14.4 Å². The highest BCUT2D eigenvalue weighted by molar-refractivity contribution is 6.30. The van der Waals surface area contributed by atoms with Crippen molar-refractivity contribution in [3.63, 3.8) is 0 Å². The summed E-state index contributed by atoms with van der Waals surface area (Å²) in [6.45, 7) is 8.64. The zero-order valence-electron chi connectivity index (χ0n) is 14.8. The van der Waals surface area contributed by atoms with E-state index < -0.39 is 11.5 Å². The monoisotopic (exact) mass is 353 g/mol. The fourth-order valence-electron chi connectivity index (χ4n) is 2.59. The van der Waals surface area contributed by atoms with Gasteiger partial charge in [-0.1, -0.05) is 25.4 Å². The van der Waals surface area contributed by atoms with E-state index in [0.717, 1.165) is 0 Å². The molecule has 0 heterocycles. The Bertz CT molecular complexity index is 612. The van der Waals surface area contributed by atoms with Crippen LogP contribution in [0.2, 0.25) is 5.02 Å². The van der Waals surface area contributed by atoms with Crippen molar-refractivity contribution in [1.29, 1.82) is 0 Å². The summed E-state index contributed by atoms with van der Waals surface area (Å²) in [7, 11) is 0. The van der Waals surface area contributed by atoms with Crippen molar-refractivity contribution in [2.75, 3.05) is 11.5 Å². The van der Waals surface area contributed by atoms with E-state index in [1.54, 1.807) is 38.1 Å². The van der Waals surface area contributed by atoms with Gasteiger partial charge >= 0.3 is 5.97 Å². The minimum Gasteiger partial charge on any atom is -0.466 e. The molecule has 5 nitrogen and oxygen atoms in total. The van der Waals surface area contributed by atoms with Crippen molar-refractivity contribution in [1.82, 2.24) is 0 Å². The van der Waals surface area contributed by atoms with Gasteiger partial charge in [0.25, 0.3) is 0 Å². The molecule has 0 saturated carbocycles. The maximum absolute atomic E-state index is 12.9. The minimum absolute atomic E-state index is 0.206. The molecule has 24 heavy (non-hydrogen) atoms. The number of nitrogens with zero attached hydrogens (tertiary/aromatic N) is 1. The van der Waals surface area contributed by atoms with Crippen LogP contribution in [0.15, 0.2) is 24.3 Å². The van der Waals surface area contributed by atoms with Crippen molar-refractivity contribution in [2.45, 2.75) is 46.6 Å². The van der Waals surface area contributed by atoms with Crippen LogP contribution >= 0.6 is 11.6 Å². The van der Waals surface area contributed by atoms with Crippen LogP contribution in [0.4, 0.5) is 5.69 Å². The summed E-state index contributed by atoms with van der Waals surface area (Å²) in [6.07, 6.45) is -0.375. The zero-order valence-corrected chi connectivity index (χ0v) is 15.5. The molecule has 1 rings (SSSR count). The van der Waals surface area contributed by atoms with Gasteiger partial charge in [0.2, 0.25) is 5.91 Å². The van der Waals surface area contributed by atoms with Gasteiger partial charge in [-0.25, -0.2) is 0 Å². The lowest BCUT2D eigenvalue weighted by molar-refractivity contribution is -0.147. The quantitative estimate of drug-likeness (QED) is 0.554. The summed E-state index contributed by atoms with van der Waals surface area (Å²) >= 11 is 5.91. The molecule has 0 aliphatic heterocycles. The van der Waals surface area contributed by atoms with E-state index in [1.807, 2.05) is 13.8 Å². The Labute approximate surface area is 147 Å². The van der Waals surface area contributed by atoms with Gasteiger partial charge in [0.05, 0.1) is 6.61 Å². The Morgan fingerprint density at radius 1 is 1.21 bits per heavy atom. The molecule has 0 N–H and O–H groups in total. The molecule has 1 amide bonds. The second-order valence-corrected chi connectivity index (χ2v) is 6.47. The van der Waals surface area contributed by atoms with E-state index in [4.69, 9.17) is 16.3 Å². The SMILES string of the molecule is CCOC(=O)CC(=O)C(C)(C(C)C)N(C(C)=O)c1ccc(Cl)cc1. The zero-order chi connectivity index (χ0) is 18.5. The van der Waals surface area contributed by atoms with Gasteiger partial charge in [0, 0.05) is 17.6 Å². The molecule has 0 radical (unpaired) electrons. The topological polar surface area (TPSA) is 63.7 Å². The third-order valence-corrected chi connectivity index (χ3v) is 4.42. The van der Waals surface area contributed by atoms with Gasteiger partial charge < -0.3 is 4.74 Å². The van der Waals surface area contributed by atoms with Gasteiger partial charge in [-0.05, 0) is 44.0 Å². The number of Topliss-reactive ketones (excluding diaryl/α,β-unsaturated/α-hetero) is 1. The van der Waals surface area contributed by atoms with E-state index in [2.05, 4.69) is 0 Å². The number of amides is 1. The summed E-state index contributed by atoms with van der Waals surface area (Å²) in [6, 6.07) is 6.68. The summed E-state index contributed by atoms with van der Waals surface area (Å²) < 4.78 is 4.87. The van der Waals surface area contributed by atoms with Crippen LogP contribution in [0.1, 0.15) is 41.0 Å². The van der Waals surface area contributed by atoms with Crippen LogP contribution in [0.3, 0.4) is 0 Å². The van der Waals surface area contributed by atoms with Crippen LogP contribution in [-0.4, -0.2) is 29.8 Å². The number of carbonyl (C=O) groups excluding carboxylic acids is 3. The second-order valence-electron chi connectivity index (χ2n) is 6.04. The molecule has 0 aromatic heterocycles. The smallest absolute Gasteiger partial charge is 0.313 e. The highest BCUT2D eigenvalue weighted by atomic mass is 35.5. The number of carbonyl (C=O) groups is 3. The van der Waals surface area contributed by atoms with Crippen LogP contribution in [0.5, 0.6) is 0 Å². The minimum atomic E-state index is -1.17. The summed E-state index contributed by atoms with van der Waals surface area (Å²) in [5.41, 5.74) is -0.618. The van der Waals surface area contributed by atoms with Gasteiger partial charge in [0.15, 0.2) is 5.78 Å². The first kappa shape index (κ1) is 20.2. The lowest BCUT2D eigenvalue weighted by Crippen LogP contribution is -2.58. The molecule has 0 spiro atoms. The molecule has 0 saturated heterocycles. The third kappa shape index (κ3) is 4.35. The summed E-state index contributed by atoms with van der Waals surface area (Å²) in [5.74, 6) is -1.44. The molecular weight excluding hydrogens is 330 g/mol. The number of hydrogen-bond donors (Lipinski definition) is 0. The highest BCUT2D eigenvalue weighted by Crippen LogP contribution is 2.33. The van der Waals surface area contributed by atoms with Gasteiger partial charge in [-0.2, -0.15) is 0 Å². The predicted molar refractivity (Wildman–Crippen MR) is 94.1 cm³/mol. The van der Waals surface area contributed by atoms with Gasteiger partial charge in [-0.15, -0.1) is 0 Å². The number of rotatable bonds is 7. The summed E-state index contributed by atoms with van der Waals surface area (Å²) in [5, 5.41) is 0.534. The van der Waals surface area contributed by atoms with Gasteiger partial charge in [-0.3, -0.25) is 19.3 Å². The maximum Gasteiger partial charge on any atom is 0.313 e. The Hall–Kier alpha value is -1.88. The average Bonchev–Trinajstić information content (AvgIpc) is 2.48. The Morgan fingerprint density at radius 2 is 1.75 bits per heavy atom. The standard InChI is InChI=1S/C18H24ClNO4/c1-6-24-17(23)11-16(22)18(5,12(2)3)20(13(4)21)15-9-7-14(19)8-10-15/h7-10,12H,6,11H2,1-5H3. The van der Waals surface area contributed by atoms with Crippen molar-refractivity contribution in [2.24, 2.45) is 5.92 Å². The maximum atomic E-state index is 12.9. The number of ether oxygens (including phenoxy) is 1. The number of esters is 1. The molecule has 1 aromatic carbocycles.